The second kappa shape index (κ2) is 8.85. The van der Waals surface area contributed by atoms with Crippen LogP contribution in [-0.2, 0) is 21.2 Å². The van der Waals surface area contributed by atoms with E-state index in [-0.39, 0.29) is 19.0 Å². The van der Waals surface area contributed by atoms with Crippen LogP contribution in [0.4, 0.5) is 5.69 Å². The summed E-state index contributed by atoms with van der Waals surface area (Å²) in [4.78, 5) is 12.0. The Morgan fingerprint density at radius 2 is 1.65 bits per heavy atom. The van der Waals surface area contributed by atoms with Crippen LogP contribution in [0, 0.1) is 13.8 Å². The van der Waals surface area contributed by atoms with E-state index in [1.54, 1.807) is 0 Å². The van der Waals surface area contributed by atoms with Crippen molar-refractivity contribution in [3.8, 4) is 0 Å². The number of amides is 1. The zero-order valence-corrected chi connectivity index (χ0v) is 16.3. The van der Waals surface area contributed by atoms with Crippen LogP contribution in [0.5, 0.6) is 0 Å². The number of benzene rings is 2. The number of rotatable bonds is 8. The third-order valence-electron chi connectivity index (χ3n) is 4.02. The van der Waals surface area contributed by atoms with Crippen LogP contribution in [0.3, 0.4) is 0 Å². The fraction of sp³-hybridized carbons (Fsp3) is 0.350. The lowest BCUT2D eigenvalue weighted by atomic mass is 10.1. The third kappa shape index (κ3) is 6.19. The molecule has 0 spiro atoms. The van der Waals surface area contributed by atoms with E-state index in [4.69, 9.17) is 0 Å². The smallest absolute Gasteiger partial charge is 0.232 e. The Labute approximate surface area is 156 Å². The highest BCUT2D eigenvalue weighted by molar-refractivity contribution is 7.92. The predicted octanol–water partition coefficient (Wildman–Crippen LogP) is 2.82. The summed E-state index contributed by atoms with van der Waals surface area (Å²) in [6.45, 7) is 4.34. The minimum atomic E-state index is -3.42. The van der Waals surface area contributed by atoms with Gasteiger partial charge in [-0.2, -0.15) is 0 Å². The molecule has 0 bridgehead atoms. The number of hydrogen-bond acceptors (Lipinski definition) is 3. The van der Waals surface area contributed by atoms with Gasteiger partial charge in [0.1, 0.15) is 0 Å². The van der Waals surface area contributed by atoms with E-state index in [1.807, 2.05) is 62.4 Å². The molecule has 0 saturated heterocycles. The lowest BCUT2D eigenvalue weighted by Crippen LogP contribution is -2.38. The zero-order valence-electron chi connectivity index (χ0n) is 15.5. The number of carbonyl (C=O) groups excluding carboxylic acids is 1. The van der Waals surface area contributed by atoms with E-state index < -0.39 is 10.0 Å². The first kappa shape index (κ1) is 20.0. The molecule has 2 aromatic carbocycles. The molecular formula is C20H26N2O3S. The van der Waals surface area contributed by atoms with Gasteiger partial charge in [0.05, 0.1) is 18.5 Å². The maximum Gasteiger partial charge on any atom is 0.232 e. The Kier molecular flexibility index (Phi) is 6.80. The molecule has 0 atom stereocenters. The van der Waals surface area contributed by atoms with E-state index >= 15 is 0 Å². The normalized spacial score (nSPS) is 11.2. The molecule has 0 aliphatic heterocycles. The predicted molar refractivity (Wildman–Crippen MR) is 106 cm³/mol. The topological polar surface area (TPSA) is 66.5 Å². The molecule has 2 rings (SSSR count). The molecule has 0 radical (unpaired) electrons. The first-order valence-corrected chi connectivity index (χ1v) is 10.5. The highest BCUT2D eigenvalue weighted by Crippen LogP contribution is 2.20. The lowest BCUT2D eigenvalue weighted by molar-refractivity contribution is -0.120. The van der Waals surface area contributed by atoms with Gasteiger partial charge in [-0.3, -0.25) is 9.10 Å². The molecule has 1 N–H and O–H groups in total. The number of aryl methyl sites for hydroxylation is 3. The molecule has 0 aliphatic carbocycles. The maximum atomic E-state index is 12.2. The van der Waals surface area contributed by atoms with Gasteiger partial charge in [-0.1, -0.05) is 36.4 Å². The molecule has 140 valence electrons. The second-order valence-corrected chi connectivity index (χ2v) is 8.42. The summed E-state index contributed by atoms with van der Waals surface area (Å²) in [7, 11) is -3.42. The molecule has 0 fully saturated rings. The molecule has 0 unspecified atom stereocenters. The van der Waals surface area contributed by atoms with Gasteiger partial charge >= 0.3 is 0 Å². The Hall–Kier alpha value is -2.34. The van der Waals surface area contributed by atoms with E-state index in [0.717, 1.165) is 16.7 Å². The SMILES string of the molecule is Cc1cc(C)cc(N(CCNC(=O)CCc2ccccc2)S(C)(=O)=O)c1. The summed E-state index contributed by atoms with van der Waals surface area (Å²) < 4.78 is 25.6. The largest absolute Gasteiger partial charge is 0.354 e. The molecule has 0 aromatic heterocycles. The molecule has 26 heavy (non-hydrogen) atoms. The van der Waals surface area contributed by atoms with Gasteiger partial charge in [0, 0.05) is 13.0 Å². The van der Waals surface area contributed by atoms with Crippen LogP contribution in [0.2, 0.25) is 0 Å². The zero-order chi connectivity index (χ0) is 19.2. The van der Waals surface area contributed by atoms with Crippen molar-refractivity contribution in [3.63, 3.8) is 0 Å². The van der Waals surface area contributed by atoms with Crippen LogP contribution in [0.15, 0.2) is 48.5 Å². The molecule has 1 amide bonds. The average Bonchev–Trinajstić information content (AvgIpc) is 2.55. The Morgan fingerprint density at radius 3 is 2.23 bits per heavy atom. The summed E-state index contributed by atoms with van der Waals surface area (Å²) in [5.41, 5.74) is 3.74. The summed E-state index contributed by atoms with van der Waals surface area (Å²) in [6, 6.07) is 15.5. The number of anilines is 1. The number of carbonyl (C=O) groups is 1. The number of sulfonamides is 1. The Balaban J connectivity index is 1.92. The number of nitrogens with one attached hydrogen (secondary N) is 1. The van der Waals surface area contributed by atoms with Gasteiger partial charge in [-0.05, 0) is 49.1 Å². The van der Waals surface area contributed by atoms with Gasteiger partial charge in [0.15, 0.2) is 0 Å². The van der Waals surface area contributed by atoms with Crippen LogP contribution in [0.1, 0.15) is 23.1 Å². The van der Waals surface area contributed by atoms with Crippen molar-refractivity contribution in [1.82, 2.24) is 5.32 Å². The summed E-state index contributed by atoms with van der Waals surface area (Å²) in [5, 5.41) is 2.81. The van der Waals surface area contributed by atoms with Gasteiger partial charge in [-0.15, -0.1) is 0 Å². The van der Waals surface area contributed by atoms with Crippen molar-refractivity contribution in [2.75, 3.05) is 23.7 Å². The molecule has 6 heteroatoms. The maximum absolute atomic E-state index is 12.2. The average molecular weight is 375 g/mol. The van der Waals surface area contributed by atoms with Crippen molar-refractivity contribution in [2.24, 2.45) is 0 Å². The van der Waals surface area contributed by atoms with Crippen LogP contribution in [-0.4, -0.2) is 33.7 Å². The minimum absolute atomic E-state index is 0.0808. The monoisotopic (exact) mass is 374 g/mol. The van der Waals surface area contributed by atoms with E-state index in [0.29, 0.717) is 18.5 Å². The summed E-state index contributed by atoms with van der Waals surface area (Å²) >= 11 is 0. The molecule has 5 nitrogen and oxygen atoms in total. The van der Waals surface area contributed by atoms with E-state index in [9.17, 15) is 13.2 Å². The fourth-order valence-corrected chi connectivity index (χ4v) is 3.78. The minimum Gasteiger partial charge on any atom is -0.354 e. The van der Waals surface area contributed by atoms with Gasteiger partial charge < -0.3 is 5.32 Å². The quantitative estimate of drug-likeness (QED) is 0.773. The first-order chi connectivity index (χ1) is 12.3. The number of hydrogen-bond donors (Lipinski definition) is 1. The Morgan fingerprint density at radius 1 is 1.04 bits per heavy atom. The van der Waals surface area contributed by atoms with Crippen LogP contribution >= 0.6 is 0 Å². The van der Waals surface area contributed by atoms with E-state index in [1.165, 1.54) is 10.6 Å². The fourth-order valence-electron chi connectivity index (χ4n) is 2.87. The molecule has 0 saturated carbocycles. The molecule has 0 aliphatic rings. The summed E-state index contributed by atoms with van der Waals surface area (Å²) in [5.74, 6) is -0.0808. The summed E-state index contributed by atoms with van der Waals surface area (Å²) in [6.07, 6.45) is 2.23. The van der Waals surface area contributed by atoms with Crippen LogP contribution < -0.4 is 9.62 Å². The third-order valence-corrected chi connectivity index (χ3v) is 5.21. The highest BCUT2D eigenvalue weighted by atomic mass is 32.2. The molecular weight excluding hydrogens is 348 g/mol. The van der Waals surface area contributed by atoms with Gasteiger partial charge in [0.2, 0.25) is 15.9 Å². The second-order valence-electron chi connectivity index (χ2n) is 6.52. The Bertz CT molecular complexity index is 828. The number of nitrogens with zero attached hydrogens (tertiary/aromatic N) is 1. The van der Waals surface area contributed by atoms with Crippen molar-refractivity contribution >= 4 is 21.6 Å². The van der Waals surface area contributed by atoms with Gasteiger partial charge in [-0.25, -0.2) is 8.42 Å². The van der Waals surface area contributed by atoms with Crippen molar-refractivity contribution in [1.29, 1.82) is 0 Å². The van der Waals surface area contributed by atoms with Crippen LogP contribution in [0.25, 0.3) is 0 Å². The first-order valence-electron chi connectivity index (χ1n) is 8.62. The van der Waals surface area contributed by atoms with E-state index in [2.05, 4.69) is 5.32 Å². The highest BCUT2D eigenvalue weighted by Gasteiger charge is 2.18. The standard InChI is InChI=1S/C20H26N2O3S/c1-16-13-17(2)15-19(14-16)22(26(3,24)25)12-11-21-20(23)10-9-18-7-5-4-6-8-18/h4-8,13-15H,9-12H2,1-3H3,(H,21,23). The lowest BCUT2D eigenvalue weighted by Gasteiger charge is -2.23. The van der Waals surface area contributed by atoms with Crippen molar-refractivity contribution < 1.29 is 13.2 Å². The molecule has 2 aromatic rings. The van der Waals surface area contributed by atoms with Crippen molar-refractivity contribution in [3.05, 3.63) is 65.2 Å². The van der Waals surface area contributed by atoms with Gasteiger partial charge in [0.25, 0.3) is 0 Å². The van der Waals surface area contributed by atoms with Crippen molar-refractivity contribution in [2.45, 2.75) is 26.7 Å². The molecule has 0 heterocycles.